The van der Waals surface area contributed by atoms with Gasteiger partial charge < -0.3 is 5.11 Å². The molecular formula is C11H12N2O4. The van der Waals surface area contributed by atoms with Gasteiger partial charge in [-0.05, 0) is 18.9 Å². The van der Waals surface area contributed by atoms with Gasteiger partial charge in [0.2, 0.25) is 0 Å². The highest BCUT2D eigenvalue weighted by atomic mass is 16.6. The number of hydrogen-bond acceptors (Lipinski definition) is 4. The molecule has 0 saturated heterocycles. The molecule has 6 nitrogen and oxygen atoms in total. The van der Waals surface area contributed by atoms with Crippen LogP contribution in [0.25, 0.3) is 0 Å². The molecule has 0 aliphatic heterocycles. The summed E-state index contributed by atoms with van der Waals surface area (Å²) in [5, 5.41) is 19.4. The summed E-state index contributed by atoms with van der Waals surface area (Å²) in [5.41, 5.74) is 0.163. The fraction of sp³-hybridized carbons (Fsp3) is 0.455. The first-order valence-electron chi connectivity index (χ1n) is 5.36. The van der Waals surface area contributed by atoms with E-state index in [-0.39, 0.29) is 12.1 Å². The Kier molecular flexibility index (Phi) is 2.79. The molecule has 0 radical (unpaired) electrons. The second-order valence-electron chi connectivity index (χ2n) is 4.36. The van der Waals surface area contributed by atoms with Crippen molar-refractivity contribution in [1.29, 1.82) is 0 Å². The minimum Gasteiger partial charge on any atom is -0.481 e. The SMILES string of the molecule is O=C(O)CC1(c2ccc([N+](=O)[O-])cn2)CCC1. The van der Waals surface area contributed by atoms with E-state index in [0.29, 0.717) is 5.69 Å². The Hall–Kier alpha value is -1.98. The Labute approximate surface area is 97.4 Å². The van der Waals surface area contributed by atoms with E-state index in [0.717, 1.165) is 19.3 Å². The van der Waals surface area contributed by atoms with Gasteiger partial charge in [0.15, 0.2) is 0 Å². The number of nitro groups is 1. The van der Waals surface area contributed by atoms with Gasteiger partial charge in [-0.1, -0.05) is 6.42 Å². The van der Waals surface area contributed by atoms with Crippen LogP contribution in [0.4, 0.5) is 5.69 Å². The largest absolute Gasteiger partial charge is 0.481 e. The lowest BCUT2D eigenvalue weighted by molar-refractivity contribution is -0.385. The number of rotatable bonds is 4. The summed E-state index contributed by atoms with van der Waals surface area (Å²) >= 11 is 0. The summed E-state index contributed by atoms with van der Waals surface area (Å²) in [5.74, 6) is -0.857. The van der Waals surface area contributed by atoms with Crippen LogP contribution in [0.2, 0.25) is 0 Å². The van der Waals surface area contributed by atoms with Crippen LogP contribution in [-0.2, 0) is 10.2 Å². The zero-order valence-corrected chi connectivity index (χ0v) is 9.13. The Morgan fingerprint density at radius 2 is 2.24 bits per heavy atom. The molecule has 0 amide bonds. The number of carboxylic acid groups (broad SMARTS) is 1. The zero-order valence-electron chi connectivity index (χ0n) is 9.13. The number of nitrogens with zero attached hydrogens (tertiary/aromatic N) is 2. The summed E-state index contributed by atoms with van der Waals surface area (Å²) in [6, 6.07) is 2.95. The van der Waals surface area contributed by atoms with Crippen molar-refractivity contribution in [3.8, 4) is 0 Å². The third kappa shape index (κ3) is 2.11. The number of carbonyl (C=O) groups is 1. The van der Waals surface area contributed by atoms with Gasteiger partial charge in [-0.2, -0.15) is 0 Å². The second-order valence-corrected chi connectivity index (χ2v) is 4.36. The molecule has 6 heteroatoms. The maximum atomic E-state index is 10.8. The molecule has 0 aromatic carbocycles. The van der Waals surface area contributed by atoms with E-state index < -0.39 is 16.3 Å². The second kappa shape index (κ2) is 4.12. The quantitative estimate of drug-likeness (QED) is 0.636. The number of hydrogen-bond donors (Lipinski definition) is 1. The average molecular weight is 236 g/mol. The number of pyridine rings is 1. The van der Waals surface area contributed by atoms with E-state index in [4.69, 9.17) is 5.11 Å². The summed E-state index contributed by atoms with van der Waals surface area (Å²) < 4.78 is 0. The summed E-state index contributed by atoms with van der Waals surface area (Å²) in [6.07, 6.45) is 3.77. The Morgan fingerprint density at radius 1 is 1.53 bits per heavy atom. The first-order valence-corrected chi connectivity index (χ1v) is 5.36. The molecule has 2 rings (SSSR count). The molecule has 1 heterocycles. The summed E-state index contributed by atoms with van der Waals surface area (Å²) in [6.45, 7) is 0. The summed E-state index contributed by atoms with van der Waals surface area (Å²) in [7, 11) is 0. The highest BCUT2D eigenvalue weighted by Gasteiger charge is 2.41. The topological polar surface area (TPSA) is 93.3 Å². The molecule has 1 aliphatic carbocycles. The lowest BCUT2D eigenvalue weighted by atomic mass is 9.64. The molecule has 90 valence electrons. The van der Waals surface area contributed by atoms with E-state index in [1.807, 2.05) is 0 Å². The van der Waals surface area contributed by atoms with Crippen LogP contribution in [0.15, 0.2) is 18.3 Å². The lowest BCUT2D eigenvalue weighted by Gasteiger charge is -2.40. The summed E-state index contributed by atoms with van der Waals surface area (Å²) in [4.78, 5) is 24.8. The molecule has 0 bridgehead atoms. The van der Waals surface area contributed by atoms with Gasteiger partial charge in [-0.15, -0.1) is 0 Å². The van der Waals surface area contributed by atoms with E-state index >= 15 is 0 Å². The molecular weight excluding hydrogens is 224 g/mol. The van der Waals surface area contributed by atoms with Crippen molar-refractivity contribution in [3.05, 3.63) is 34.1 Å². The van der Waals surface area contributed by atoms with E-state index in [9.17, 15) is 14.9 Å². The maximum absolute atomic E-state index is 10.8. The van der Waals surface area contributed by atoms with Gasteiger partial charge in [0.05, 0.1) is 11.3 Å². The van der Waals surface area contributed by atoms with Crippen LogP contribution in [0.1, 0.15) is 31.4 Å². The Morgan fingerprint density at radius 3 is 2.59 bits per heavy atom. The predicted molar refractivity (Wildman–Crippen MR) is 58.7 cm³/mol. The van der Waals surface area contributed by atoms with Crippen LogP contribution in [0, 0.1) is 10.1 Å². The van der Waals surface area contributed by atoms with Gasteiger partial charge in [0.25, 0.3) is 5.69 Å². The lowest BCUT2D eigenvalue weighted by Crippen LogP contribution is -2.37. The standard InChI is InChI=1S/C11H12N2O4/c14-10(15)6-11(4-1-5-11)9-3-2-8(7-12-9)13(16)17/h2-3,7H,1,4-6H2,(H,14,15). The Bertz CT molecular complexity index is 451. The first-order chi connectivity index (χ1) is 8.03. The van der Waals surface area contributed by atoms with Crippen LogP contribution >= 0.6 is 0 Å². The minimum atomic E-state index is -0.857. The third-order valence-electron chi connectivity index (χ3n) is 3.30. The molecule has 0 atom stereocenters. The van der Waals surface area contributed by atoms with Gasteiger partial charge >= 0.3 is 5.97 Å². The molecule has 17 heavy (non-hydrogen) atoms. The highest BCUT2D eigenvalue weighted by molar-refractivity contribution is 5.69. The number of carboxylic acids is 1. The van der Waals surface area contributed by atoms with Crippen LogP contribution in [-0.4, -0.2) is 21.0 Å². The van der Waals surface area contributed by atoms with Crippen molar-refractivity contribution in [2.45, 2.75) is 31.1 Å². The predicted octanol–water partition coefficient (Wildman–Crippen LogP) is 1.89. The van der Waals surface area contributed by atoms with Gasteiger partial charge in [0.1, 0.15) is 6.20 Å². The van der Waals surface area contributed by atoms with Gasteiger partial charge in [0, 0.05) is 17.2 Å². The Balaban J connectivity index is 2.26. The van der Waals surface area contributed by atoms with Crippen molar-refractivity contribution in [2.75, 3.05) is 0 Å². The molecule has 0 spiro atoms. The maximum Gasteiger partial charge on any atom is 0.304 e. The van der Waals surface area contributed by atoms with Crippen LogP contribution < -0.4 is 0 Å². The highest BCUT2D eigenvalue weighted by Crippen LogP contribution is 2.45. The van der Waals surface area contributed by atoms with E-state index in [1.165, 1.54) is 12.3 Å². The van der Waals surface area contributed by atoms with Crippen molar-refractivity contribution < 1.29 is 14.8 Å². The fourth-order valence-corrected chi connectivity index (χ4v) is 2.22. The minimum absolute atomic E-state index is 0.0395. The zero-order chi connectivity index (χ0) is 12.5. The number of aromatic nitrogens is 1. The normalized spacial score (nSPS) is 17.2. The molecule has 1 saturated carbocycles. The fourth-order valence-electron chi connectivity index (χ4n) is 2.22. The third-order valence-corrected chi connectivity index (χ3v) is 3.30. The molecule has 1 fully saturated rings. The van der Waals surface area contributed by atoms with Gasteiger partial charge in [-0.3, -0.25) is 19.9 Å². The van der Waals surface area contributed by atoms with Crippen molar-refractivity contribution >= 4 is 11.7 Å². The average Bonchev–Trinajstić information content (AvgIpc) is 2.23. The molecule has 1 N–H and O–H groups in total. The smallest absolute Gasteiger partial charge is 0.304 e. The number of aliphatic carboxylic acids is 1. The molecule has 1 aliphatic rings. The van der Waals surface area contributed by atoms with Crippen molar-refractivity contribution in [2.24, 2.45) is 0 Å². The monoisotopic (exact) mass is 236 g/mol. The first kappa shape index (κ1) is 11.5. The van der Waals surface area contributed by atoms with E-state index in [2.05, 4.69) is 4.98 Å². The molecule has 1 aromatic rings. The van der Waals surface area contributed by atoms with Gasteiger partial charge in [-0.25, -0.2) is 0 Å². The van der Waals surface area contributed by atoms with Crippen LogP contribution in [0.3, 0.4) is 0 Å². The van der Waals surface area contributed by atoms with Crippen molar-refractivity contribution in [3.63, 3.8) is 0 Å². The van der Waals surface area contributed by atoms with Crippen molar-refractivity contribution in [1.82, 2.24) is 4.98 Å². The van der Waals surface area contributed by atoms with E-state index in [1.54, 1.807) is 6.07 Å². The van der Waals surface area contributed by atoms with Crippen LogP contribution in [0.5, 0.6) is 0 Å². The molecule has 1 aromatic heterocycles. The molecule has 0 unspecified atom stereocenters.